The highest BCUT2D eigenvalue weighted by Gasteiger charge is 2.19. The topological polar surface area (TPSA) is 64.4 Å². The molecule has 0 radical (unpaired) electrons. The monoisotopic (exact) mass is 314 g/mol. The number of hydrogen-bond donors (Lipinski definition) is 1. The molecule has 1 saturated carbocycles. The number of nitro benzene ring substituents is 1. The van der Waals surface area contributed by atoms with Gasteiger partial charge in [-0.25, -0.2) is 0 Å². The van der Waals surface area contributed by atoms with Crippen LogP contribution in [0.2, 0.25) is 0 Å². The van der Waals surface area contributed by atoms with Gasteiger partial charge in [0.2, 0.25) is 0 Å². The number of non-ortho nitro benzene ring substituents is 1. The van der Waals surface area contributed by atoms with Crippen molar-refractivity contribution in [2.24, 2.45) is 0 Å². The number of nitrogens with one attached hydrogen (secondary N) is 1. The Bertz CT molecular complexity index is 435. The highest BCUT2D eigenvalue weighted by molar-refractivity contribution is 9.10. The molecule has 0 aliphatic heterocycles. The highest BCUT2D eigenvalue weighted by Crippen LogP contribution is 2.29. The Hall–Kier alpha value is -1.14. The smallest absolute Gasteiger partial charge is 0.273 e. The van der Waals surface area contributed by atoms with Crippen LogP contribution in [0.3, 0.4) is 0 Å². The van der Waals surface area contributed by atoms with Crippen molar-refractivity contribution in [1.82, 2.24) is 5.32 Å². The van der Waals surface area contributed by atoms with Gasteiger partial charge >= 0.3 is 0 Å². The zero-order valence-electron chi connectivity index (χ0n) is 9.89. The van der Waals surface area contributed by atoms with Gasteiger partial charge in [0.05, 0.1) is 22.1 Å². The summed E-state index contributed by atoms with van der Waals surface area (Å²) in [6.45, 7) is 1.48. The first-order valence-electron chi connectivity index (χ1n) is 5.97. The lowest BCUT2D eigenvalue weighted by Gasteiger charge is -2.08. The largest absolute Gasteiger partial charge is 0.492 e. The summed E-state index contributed by atoms with van der Waals surface area (Å²) >= 11 is 3.32. The summed E-state index contributed by atoms with van der Waals surface area (Å²) in [4.78, 5) is 10.2. The van der Waals surface area contributed by atoms with E-state index in [1.165, 1.54) is 25.0 Å². The second-order valence-electron chi connectivity index (χ2n) is 4.30. The lowest BCUT2D eigenvalue weighted by Crippen LogP contribution is -2.19. The molecule has 1 aromatic rings. The van der Waals surface area contributed by atoms with Gasteiger partial charge in [-0.2, -0.15) is 0 Å². The van der Waals surface area contributed by atoms with Gasteiger partial charge in [-0.05, 0) is 47.8 Å². The molecule has 1 aromatic carbocycles. The van der Waals surface area contributed by atoms with Gasteiger partial charge in [0, 0.05) is 12.1 Å². The molecule has 6 heteroatoms. The Morgan fingerprint density at radius 2 is 2.28 bits per heavy atom. The minimum absolute atomic E-state index is 0.0457. The Balaban J connectivity index is 1.79. The van der Waals surface area contributed by atoms with E-state index in [2.05, 4.69) is 21.2 Å². The van der Waals surface area contributed by atoms with Crippen molar-refractivity contribution in [3.63, 3.8) is 0 Å². The van der Waals surface area contributed by atoms with Crippen molar-refractivity contribution in [3.8, 4) is 5.75 Å². The molecule has 0 aromatic heterocycles. The number of nitrogens with zero attached hydrogens (tertiary/aromatic N) is 1. The molecule has 98 valence electrons. The van der Waals surface area contributed by atoms with Crippen LogP contribution in [0.25, 0.3) is 0 Å². The van der Waals surface area contributed by atoms with E-state index < -0.39 is 4.92 Å². The molecule has 18 heavy (non-hydrogen) atoms. The molecule has 0 heterocycles. The summed E-state index contributed by atoms with van der Waals surface area (Å²) in [5.41, 5.74) is 0.0457. The number of ether oxygens (including phenoxy) is 1. The van der Waals surface area contributed by atoms with Crippen LogP contribution >= 0.6 is 15.9 Å². The summed E-state index contributed by atoms with van der Waals surface area (Å²) in [5, 5.41) is 14.0. The third kappa shape index (κ3) is 3.96. The molecular formula is C12H15BrN2O3. The van der Waals surface area contributed by atoms with Crippen LogP contribution in [0, 0.1) is 10.1 Å². The summed E-state index contributed by atoms with van der Waals surface area (Å²) in [6, 6.07) is 5.23. The fourth-order valence-electron chi connectivity index (χ4n) is 1.56. The molecule has 2 rings (SSSR count). The predicted octanol–water partition coefficient (Wildman–Crippen LogP) is 2.88. The van der Waals surface area contributed by atoms with Crippen LogP contribution in [0.15, 0.2) is 22.7 Å². The van der Waals surface area contributed by atoms with E-state index in [4.69, 9.17) is 4.74 Å². The van der Waals surface area contributed by atoms with Crippen molar-refractivity contribution in [1.29, 1.82) is 0 Å². The SMILES string of the molecule is O=[N+]([O-])c1ccc(Br)c(OCCCNC2CC2)c1. The van der Waals surface area contributed by atoms with Crippen molar-refractivity contribution in [2.45, 2.75) is 25.3 Å². The Kier molecular flexibility index (Phi) is 4.54. The maximum Gasteiger partial charge on any atom is 0.273 e. The quantitative estimate of drug-likeness (QED) is 0.477. The maximum absolute atomic E-state index is 10.6. The molecule has 1 aliphatic rings. The number of hydrogen-bond acceptors (Lipinski definition) is 4. The van der Waals surface area contributed by atoms with Crippen LogP contribution in [0.4, 0.5) is 5.69 Å². The van der Waals surface area contributed by atoms with E-state index in [9.17, 15) is 10.1 Å². The average Bonchev–Trinajstić information content (AvgIpc) is 3.14. The minimum Gasteiger partial charge on any atom is -0.492 e. The first-order chi connectivity index (χ1) is 8.66. The molecule has 0 bridgehead atoms. The zero-order valence-corrected chi connectivity index (χ0v) is 11.5. The van der Waals surface area contributed by atoms with Gasteiger partial charge in [-0.3, -0.25) is 10.1 Å². The van der Waals surface area contributed by atoms with Crippen LogP contribution < -0.4 is 10.1 Å². The Morgan fingerprint density at radius 3 is 2.94 bits per heavy atom. The van der Waals surface area contributed by atoms with Crippen molar-refractivity contribution < 1.29 is 9.66 Å². The van der Waals surface area contributed by atoms with Crippen molar-refractivity contribution >= 4 is 21.6 Å². The molecule has 0 spiro atoms. The summed E-state index contributed by atoms with van der Waals surface area (Å²) in [5.74, 6) is 0.524. The van der Waals surface area contributed by atoms with E-state index in [0.717, 1.165) is 17.4 Å². The minimum atomic E-state index is -0.423. The highest BCUT2D eigenvalue weighted by atomic mass is 79.9. The third-order valence-corrected chi connectivity index (χ3v) is 3.37. The lowest BCUT2D eigenvalue weighted by molar-refractivity contribution is -0.385. The van der Waals surface area contributed by atoms with Gasteiger partial charge < -0.3 is 10.1 Å². The molecule has 1 N–H and O–H groups in total. The lowest BCUT2D eigenvalue weighted by atomic mass is 10.3. The van der Waals surface area contributed by atoms with Gasteiger partial charge in [0.1, 0.15) is 5.75 Å². The fraction of sp³-hybridized carbons (Fsp3) is 0.500. The van der Waals surface area contributed by atoms with E-state index in [1.54, 1.807) is 6.07 Å². The number of rotatable bonds is 7. The van der Waals surface area contributed by atoms with Crippen LogP contribution in [0.5, 0.6) is 5.75 Å². The normalized spacial score (nSPS) is 14.5. The fourth-order valence-corrected chi connectivity index (χ4v) is 1.93. The number of halogens is 1. The zero-order chi connectivity index (χ0) is 13.0. The summed E-state index contributed by atoms with van der Waals surface area (Å²) in [6.07, 6.45) is 3.44. The Labute approximate surface area is 114 Å². The van der Waals surface area contributed by atoms with Gasteiger partial charge in [-0.1, -0.05) is 0 Å². The van der Waals surface area contributed by atoms with E-state index in [0.29, 0.717) is 18.4 Å². The van der Waals surface area contributed by atoms with Crippen LogP contribution in [-0.2, 0) is 0 Å². The molecule has 0 atom stereocenters. The van der Waals surface area contributed by atoms with E-state index in [-0.39, 0.29) is 5.69 Å². The molecular weight excluding hydrogens is 300 g/mol. The second kappa shape index (κ2) is 6.15. The third-order valence-electron chi connectivity index (χ3n) is 2.71. The standard InChI is InChI=1S/C12H15BrN2O3/c13-11-5-4-10(15(16)17)8-12(11)18-7-1-6-14-9-2-3-9/h4-5,8-9,14H,1-3,6-7H2. The van der Waals surface area contributed by atoms with Crippen LogP contribution in [0.1, 0.15) is 19.3 Å². The Morgan fingerprint density at radius 1 is 1.50 bits per heavy atom. The maximum atomic E-state index is 10.6. The van der Waals surface area contributed by atoms with Gasteiger partial charge in [0.25, 0.3) is 5.69 Å². The van der Waals surface area contributed by atoms with E-state index in [1.807, 2.05) is 0 Å². The number of benzene rings is 1. The first kappa shape index (κ1) is 13.3. The molecule has 0 amide bonds. The van der Waals surface area contributed by atoms with Crippen molar-refractivity contribution in [2.75, 3.05) is 13.2 Å². The molecule has 0 unspecified atom stereocenters. The molecule has 1 fully saturated rings. The van der Waals surface area contributed by atoms with Gasteiger partial charge in [-0.15, -0.1) is 0 Å². The summed E-state index contributed by atoms with van der Waals surface area (Å²) in [7, 11) is 0. The van der Waals surface area contributed by atoms with E-state index >= 15 is 0 Å². The predicted molar refractivity (Wildman–Crippen MR) is 71.9 cm³/mol. The molecule has 0 saturated heterocycles. The second-order valence-corrected chi connectivity index (χ2v) is 5.16. The first-order valence-corrected chi connectivity index (χ1v) is 6.76. The average molecular weight is 315 g/mol. The number of nitro groups is 1. The van der Waals surface area contributed by atoms with Crippen molar-refractivity contribution in [3.05, 3.63) is 32.8 Å². The van der Waals surface area contributed by atoms with Gasteiger partial charge in [0.15, 0.2) is 0 Å². The molecule has 1 aliphatic carbocycles. The molecule has 5 nitrogen and oxygen atoms in total. The van der Waals surface area contributed by atoms with Crippen LogP contribution in [-0.4, -0.2) is 24.1 Å². The summed E-state index contributed by atoms with van der Waals surface area (Å²) < 4.78 is 6.28.